The highest BCUT2D eigenvalue weighted by Crippen LogP contribution is 2.27. The highest BCUT2D eigenvalue weighted by atomic mass is 19.1. The van der Waals surface area contributed by atoms with Gasteiger partial charge in [-0.2, -0.15) is 0 Å². The lowest BCUT2D eigenvalue weighted by atomic mass is 10.0. The molecule has 0 aliphatic rings. The van der Waals surface area contributed by atoms with Crippen LogP contribution in [-0.4, -0.2) is 20.9 Å². The molecule has 4 rings (SSSR count). The summed E-state index contributed by atoms with van der Waals surface area (Å²) in [6.07, 6.45) is 11.5. The third-order valence-electron chi connectivity index (χ3n) is 7.27. The molecule has 2 aromatic carbocycles. The van der Waals surface area contributed by atoms with Crippen LogP contribution in [0.4, 0.5) is 15.9 Å². The molecule has 0 saturated carbocycles. The number of ether oxygens (including phenoxy) is 1. The first-order chi connectivity index (χ1) is 19.4. The molecule has 40 heavy (non-hydrogen) atoms. The van der Waals surface area contributed by atoms with Crippen molar-refractivity contribution < 1.29 is 9.13 Å². The van der Waals surface area contributed by atoms with Gasteiger partial charge in [0, 0.05) is 48.9 Å². The Balaban J connectivity index is 1.07. The number of pyridine rings is 1. The van der Waals surface area contributed by atoms with Crippen LogP contribution in [0.2, 0.25) is 0 Å². The van der Waals surface area contributed by atoms with Gasteiger partial charge in [0.1, 0.15) is 11.6 Å². The maximum Gasteiger partial charge on any atom is 0.274 e. The van der Waals surface area contributed by atoms with E-state index in [0.29, 0.717) is 11.6 Å². The summed E-state index contributed by atoms with van der Waals surface area (Å²) in [5.41, 5.74) is 9.36. The summed E-state index contributed by atoms with van der Waals surface area (Å²) in [5, 5.41) is 3.29. The van der Waals surface area contributed by atoms with Crippen LogP contribution in [0.25, 0.3) is 5.69 Å². The molecule has 0 aliphatic heterocycles. The molecular weight excluding hydrogens is 505 g/mol. The van der Waals surface area contributed by atoms with E-state index in [2.05, 4.69) is 10.3 Å². The van der Waals surface area contributed by atoms with Gasteiger partial charge in [-0.25, -0.2) is 14.1 Å². The minimum absolute atomic E-state index is 0.0994. The number of nitrogen functional groups attached to an aromatic ring is 1. The van der Waals surface area contributed by atoms with Crippen molar-refractivity contribution in [3.8, 4) is 17.2 Å². The molecule has 2 heterocycles. The summed E-state index contributed by atoms with van der Waals surface area (Å²) >= 11 is 0. The molecule has 8 heteroatoms. The molecule has 4 aromatic rings. The van der Waals surface area contributed by atoms with Crippen LogP contribution in [0.3, 0.4) is 0 Å². The van der Waals surface area contributed by atoms with Crippen LogP contribution in [-0.2, 0) is 13.5 Å². The van der Waals surface area contributed by atoms with Crippen LogP contribution < -0.4 is 21.3 Å². The fraction of sp³-hybridized carbons (Fsp3) is 0.375. The number of nitrogens with zero attached hydrogens (tertiary/aromatic N) is 3. The predicted molar refractivity (Wildman–Crippen MR) is 160 cm³/mol. The largest absolute Gasteiger partial charge is 0.454 e. The second-order valence-electron chi connectivity index (χ2n) is 10.2. The third-order valence-corrected chi connectivity index (χ3v) is 7.27. The zero-order chi connectivity index (χ0) is 28.3. The quantitative estimate of drug-likeness (QED) is 0.155. The fourth-order valence-corrected chi connectivity index (χ4v) is 4.94. The highest BCUT2D eigenvalue weighted by molar-refractivity contribution is 5.48. The van der Waals surface area contributed by atoms with Crippen molar-refractivity contribution in [2.75, 3.05) is 17.6 Å². The van der Waals surface area contributed by atoms with Crippen molar-refractivity contribution >= 4 is 11.5 Å². The minimum atomic E-state index is -0.426. The lowest BCUT2D eigenvalue weighted by Crippen LogP contribution is -2.20. The van der Waals surface area contributed by atoms with Crippen molar-refractivity contribution in [2.45, 2.75) is 64.7 Å². The molecule has 0 saturated heterocycles. The third kappa shape index (κ3) is 7.74. The zero-order valence-corrected chi connectivity index (χ0v) is 23.5. The number of rotatable bonds is 15. The van der Waals surface area contributed by atoms with E-state index in [-0.39, 0.29) is 11.3 Å². The molecule has 0 fully saturated rings. The van der Waals surface area contributed by atoms with Gasteiger partial charge in [0.25, 0.3) is 5.56 Å². The zero-order valence-electron chi connectivity index (χ0n) is 23.5. The first kappa shape index (κ1) is 28.9. The van der Waals surface area contributed by atoms with Gasteiger partial charge >= 0.3 is 0 Å². The van der Waals surface area contributed by atoms with Gasteiger partial charge in [-0.05, 0) is 56.5 Å². The van der Waals surface area contributed by atoms with E-state index < -0.39 is 5.82 Å². The normalized spacial score (nSPS) is 11.1. The van der Waals surface area contributed by atoms with Crippen LogP contribution in [0, 0.1) is 12.7 Å². The van der Waals surface area contributed by atoms with Crippen molar-refractivity contribution in [1.29, 1.82) is 0 Å². The molecule has 2 aromatic heterocycles. The summed E-state index contributed by atoms with van der Waals surface area (Å²) in [6, 6.07) is 17.9. The maximum absolute atomic E-state index is 14.4. The number of nitrogens with one attached hydrogen (secondary N) is 1. The Kier molecular flexibility index (Phi) is 10.4. The molecule has 3 N–H and O–H groups in total. The Morgan fingerprint density at radius 2 is 1.62 bits per heavy atom. The molecule has 0 unspecified atom stereocenters. The van der Waals surface area contributed by atoms with E-state index in [1.165, 1.54) is 37.9 Å². The van der Waals surface area contributed by atoms with Crippen LogP contribution in [0.15, 0.2) is 71.7 Å². The van der Waals surface area contributed by atoms with Crippen molar-refractivity contribution in [3.63, 3.8) is 0 Å². The van der Waals surface area contributed by atoms with E-state index >= 15 is 0 Å². The number of anilines is 2. The van der Waals surface area contributed by atoms with Gasteiger partial charge in [-0.15, -0.1) is 0 Å². The summed E-state index contributed by atoms with van der Waals surface area (Å²) in [5.74, 6) is 0.501. The lowest BCUT2D eigenvalue weighted by molar-refractivity contribution is 0.442. The van der Waals surface area contributed by atoms with Crippen LogP contribution in [0.1, 0.15) is 62.6 Å². The van der Waals surface area contributed by atoms with Gasteiger partial charge in [-0.3, -0.25) is 9.48 Å². The molecule has 0 radical (unpaired) electrons. The van der Waals surface area contributed by atoms with Crippen LogP contribution in [0.5, 0.6) is 11.5 Å². The standard InChI is InChI=1S/C32H40FN5O2/c1-24-28(32(39)38(37(24)2)26-14-10-9-11-15-26)16-12-7-5-3-4-6-8-13-20-35-25-17-18-30(29(33)22-25)40-27-19-21-36-31(34)23-27/h9-11,14-15,17-19,21-23,35H,3-8,12-13,16,20H2,1-2H3,(H2,34,36). The van der Waals surface area contributed by atoms with E-state index in [9.17, 15) is 9.18 Å². The molecule has 212 valence electrons. The summed E-state index contributed by atoms with van der Waals surface area (Å²) < 4.78 is 23.7. The minimum Gasteiger partial charge on any atom is -0.454 e. The predicted octanol–water partition coefficient (Wildman–Crippen LogP) is 7.17. The molecule has 0 atom stereocenters. The number of para-hydroxylation sites is 1. The number of benzene rings is 2. The van der Waals surface area contributed by atoms with Gasteiger partial charge in [0.05, 0.1) is 5.69 Å². The monoisotopic (exact) mass is 545 g/mol. The average Bonchev–Trinajstić information content (AvgIpc) is 3.16. The van der Waals surface area contributed by atoms with Crippen molar-refractivity contribution in [1.82, 2.24) is 14.3 Å². The molecule has 0 spiro atoms. The van der Waals surface area contributed by atoms with Gasteiger partial charge < -0.3 is 15.8 Å². The average molecular weight is 546 g/mol. The van der Waals surface area contributed by atoms with Gasteiger partial charge in [0.15, 0.2) is 11.6 Å². The molecule has 0 bridgehead atoms. The van der Waals surface area contributed by atoms with Gasteiger partial charge in [-0.1, -0.05) is 56.7 Å². The first-order valence-electron chi connectivity index (χ1n) is 14.2. The van der Waals surface area contributed by atoms with E-state index in [1.54, 1.807) is 22.9 Å². The Bertz CT molecular complexity index is 1430. The van der Waals surface area contributed by atoms with E-state index in [0.717, 1.165) is 61.3 Å². The lowest BCUT2D eigenvalue weighted by Gasteiger charge is -2.10. The van der Waals surface area contributed by atoms with Crippen molar-refractivity contribution in [3.05, 3.63) is 94.3 Å². The van der Waals surface area contributed by atoms with E-state index in [1.807, 2.05) is 55.1 Å². The van der Waals surface area contributed by atoms with Gasteiger partial charge in [0.2, 0.25) is 0 Å². The topological polar surface area (TPSA) is 87.1 Å². The fourth-order valence-electron chi connectivity index (χ4n) is 4.94. The molecular formula is C32H40FN5O2. The molecule has 0 aliphatic carbocycles. The summed E-state index contributed by atoms with van der Waals surface area (Å²) in [4.78, 5) is 16.9. The number of hydrogen-bond acceptors (Lipinski definition) is 5. The summed E-state index contributed by atoms with van der Waals surface area (Å²) in [7, 11) is 1.95. The molecule has 0 amide bonds. The number of nitrogens with two attached hydrogens (primary N) is 1. The number of unbranched alkanes of at least 4 members (excludes halogenated alkanes) is 7. The number of aromatic nitrogens is 3. The Labute approximate surface area is 235 Å². The smallest absolute Gasteiger partial charge is 0.274 e. The highest BCUT2D eigenvalue weighted by Gasteiger charge is 2.15. The molecule has 7 nitrogen and oxygen atoms in total. The van der Waals surface area contributed by atoms with E-state index in [4.69, 9.17) is 10.5 Å². The Hall–Kier alpha value is -4.07. The number of hydrogen-bond donors (Lipinski definition) is 2. The Morgan fingerprint density at radius 3 is 2.33 bits per heavy atom. The second-order valence-corrected chi connectivity index (χ2v) is 10.2. The SMILES string of the molecule is Cc1c(CCCCCCCCCCNc2ccc(Oc3ccnc(N)c3)c(F)c2)c(=O)n(-c2ccccc2)n1C. The number of halogens is 1. The summed E-state index contributed by atoms with van der Waals surface area (Å²) in [6.45, 7) is 2.84. The maximum atomic E-state index is 14.4. The van der Waals surface area contributed by atoms with Crippen molar-refractivity contribution in [2.24, 2.45) is 7.05 Å². The second kappa shape index (κ2) is 14.4. The van der Waals surface area contributed by atoms with Crippen LogP contribution >= 0.6 is 0 Å². The first-order valence-corrected chi connectivity index (χ1v) is 14.2. The Morgan fingerprint density at radius 1 is 0.925 bits per heavy atom.